The highest BCUT2D eigenvalue weighted by molar-refractivity contribution is 5.48. The lowest BCUT2D eigenvalue weighted by molar-refractivity contribution is 0.204. The fourth-order valence-electron chi connectivity index (χ4n) is 1.78. The van der Waals surface area contributed by atoms with Crippen LogP contribution < -0.4 is 10.6 Å². The molecule has 5 heteroatoms. The van der Waals surface area contributed by atoms with Crippen molar-refractivity contribution >= 4 is 11.6 Å². The molecule has 1 aliphatic carbocycles. The van der Waals surface area contributed by atoms with Crippen LogP contribution in [0.4, 0.5) is 11.6 Å². The number of anilines is 2. The summed E-state index contributed by atoms with van der Waals surface area (Å²) in [7, 11) is 1.71. The summed E-state index contributed by atoms with van der Waals surface area (Å²) in [6.45, 7) is 3.43. The number of nitrogens with zero attached hydrogens (tertiary/aromatic N) is 3. The van der Waals surface area contributed by atoms with Gasteiger partial charge in [-0.2, -0.15) is 0 Å². The highest BCUT2D eigenvalue weighted by atomic mass is 16.5. The minimum Gasteiger partial charge on any atom is -0.384 e. The van der Waals surface area contributed by atoms with Crippen molar-refractivity contribution in [3.8, 4) is 0 Å². The molecule has 5 nitrogen and oxygen atoms in total. The number of aromatic nitrogens is 2. The molecule has 0 aromatic carbocycles. The zero-order chi connectivity index (χ0) is 11.5. The SMILES string of the molecule is COCCN(c1cc(N)nc(C)n1)C1CC1. The van der Waals surface area contributed by atoms with Gasteiger partial charge in [-0.05, 0) is 19.8 Å². The summed E-state index contributed by atoms with van der Waals surface area (Å²) in [6, 6.07) is 2.44. The molecule has 0 spiro atoms. The maximum absolute atomic E-state index is 5.74. The van der Waals surface area contributed by atoms with Crippen LogP contribution in [0.2, 0.25) is 0 Å². The number of nitrogens with two attached hydrogens (primary N) is 1. The van der Waals surface area contributed by atoms with E-state index in [0.717, 1.165) is 18.2 Å². The van der Waals surface area contributed by atoms with Gasteiger partial charge in [0.2, 0.25) is 0 Å². The molecule has 2 N–H and O–H groups in total. The molecule has 2 rings (SSSR count). The van der Waals surface area contributed by atoms with Gasteiger partial charge in [-0.25, -0.2) is 9.97 Å². The first kappa shape index (κ1) is 11.1. The molecule has 1 heterocycles. The number of hydrogen-bond acceptors (Lipinski definition) is 5. The fraction of sp³-hybridized carbons (Fsp3) is 0.636. The van der Waals surface area contributed by atoms with Crippen molar-refractivity contribution in [1.29, 1.82) is 0 Å². The molecular weight excluding hydrogens is 204 g/mol. The van der Waals surface area contributed by atoms with Crippen LogP contribution in [0.3, 0.4) is 0 Å². The number of nitrogen functional groups attached to an aromatic ring is 1. The van der Waals surface area contributed by atoms with Crippen molar-refractivity contribution in [2.45, 2.75) is 25.8 Å². The van der Waals surface area contributed by atoms with E-state index in [2.05, 4.69) is 14.9 Å². The molecule has 0 unspecified atom stereocenters. The van der Waals surface area contributed by atoms with Gasteiger partial charge in [-0.3, -0.25) is 0 Å². The molecule has 1 aromatic heterocycles. The van der Waals surface area contributed by atoms with Crippen LogP contribution in [0.1, 0.15) is 18.7 Å². The maximum atomic E-state index is 5.74. The zero-order valence-electron chi connectivity index (χ0n) is 9.81. The van der Waals surface area contributed by atoms with Crippen LogP contribution in [-0.2, 0) is 4.74 Å². The van der Waals surface area contributed by atoms with E-state index in [1.165, 1.54) is 12.8 Å². The van der Waals surface area contributed by atoms with Crippen LogP contribution in [0, 0.1) is 6.92 Å². The van der Waals surface area contributed by atoms with Gasteiger partial charge in [0.15, 0.2) is 0 Å². The van der Waals surface area contributed by atoms with E-state index in [4.69, 9.17) is 10.5 Å². The minimum atomic E-state index is 0.533. The molecule has 1 saturated carbocycles. The van der Waals surface area contributed by atoms with Crippen molar-refractivity contribution in [2.75, 3.05) is 30.9 Å². The fourth-order valence-corrected chi connectivity index (χ4v) is 1.78. The largest absolute Gasteiger partial charge is 0.384 e. The topological polar surface area (TPSA) is 64.3 Å². The second-order valence-electron chi connectivity index (χ2n) is 4.12. The van der Waals surface area contributed by atoms with E-state index in [1.807, 2.05) is 13.0 Å². The minimum absolute atomic E-state index is 0.533. The third-order valence-electron chi connectivity index (χ3n) is 2.66. The molecule has 1 fully saturated rings. The molecule has 1 aromatic rings. The Labute approximate surface area is 95.6 Å². The summed E-state index contributed by atoms with van der Waals surface area (Å²) in [5, 5.41) is 0. The average Bonchev–Trinajstić information content (AvgIpc) is 3.01. The Morgan fingerprint density at radius 2 is 2.25 bits per heavy atom. The van der Waals surface area contributed by atoms with E-state index in [-0.39, 0.29) is 0 Å². The molecular formula is C11H18N4O. The van der Waals surface area contributed by atoms with E-state index >= 15 is 0 Å². The summed E-state index contributed by atoms with van der Waals surface area (Å²) in [6.07, 6.45) is 2.46. The molecule has 0 amide bonds. The second kappa shape index (κ2) is 4.65. The van der Waals surface area contributed by atoms with Crippen LogP contribution in [0.15, 0.2) is 6.07 Å². The van der Waals surface area contributed by atoms with Gasteiger partial charge in [-0.1, -0.05) is 0 Å². The van der Waals surface area contributed by atoms with E-state index in [0.29, 0.717) is 18.5 Å². The van der Waals surface area contributed by atoms with Gasteiger partial charge in [0.1, 0.15) is 17.5 Å². The number of rotatable bonds is 5. The number of hydrogen-bond donors (Lipinski definition) is 1. The van der Waals surface area contributed by atoms with Crippen LogP contribution in [0.25, 0.3) is 0 Å². The molecule has 0 saturated heterocycles. The normalized spacial score (nSPS) is 15.1. The smallest absolute Gasteiger partial charge is 0.134 e. The highest BCUT2D eigenvalue weighted by Crippen LogP contribution is 2.30. The van der Waals surface area contributed by atoms with Crippen molar-refractivity contribution < 1.29 is 4.74 Å². The monoisotopic (exact) mass is 222 g/mol. The molecule has 0 radical (unpaired) electrons. The van der Waals surface area contributed by atoms with Crippen molar-refractivity contribution in [3.05, 3.63) is 11.9 Å². The zero-order valence-corrected chi connectivity index (χ0v) is 9.81. The van der Waals surface area contributed by atoms with Gasteiger partial charge in [0.25, 0.3) is 0 Å². The Morgan fingerprint density at radius 3 is 2.81 bits per heavy atom. The Balaban J connectivity index is 2.16. The standard InChI is InChI=1S/C11H18N4O/c1-8-13-10(12)7-11(14-8)15(5-6-16-2)9-3-4-9/h7,9H,3-6H2,1-2H3,(H2,12,13,14). The summed E-state index contributed by atoms with van der Waals surface area (Å²) in [5.74, 6) is 2.17. The van der Waals surface area contributed by atoms with Gasteiger partial charge >= 0.3 is 0 Å². The third kappa shape index (κ3) is 2.61. The lowest BCUT2D eigenvalue weighted by atomic mass is 10.4. The van der Waals surface area contributed by atoms with Gasteiger partial charge in [0.05, 0.1) is 6.61 Å². The number of ether oxygens (including phenoxy) is 1. The first-order valence-corrected chi connectivity index (χ1v) is 5.57. The molecule has 0 aliphatic heterocycles. The molecule has 16 heavy (non-hydrogen) atoms. The predicted octanol–water partition coefficient (Wildman–Crippen LogP) is 0.982. The average molecular weight is 222 g/mol. The highest BCUT2D eigenvalue weighted by Gasteiger charge is 2.30. The van der Waals surface area contributed by atoms with E-state index < -0.39 is 0 Å². The maximum Gasteiger partial charge on any atom is 0.134 e. The van der Waals surface area contributed by atoms with Gasteiger partial charge < -0.3 is 15.4 Å². The lowest BCUT2D eigenvalue weighted by Crippen LogP contribution is -2.30. The Kier molecular flexibility index (Phi) is 3.24. The number of methoxy groups -OCH3 is 1. The Bertz CT molecular complexity index is 345. The van der Waals surface area contributed by atoms with Crippen molar-refractivity contribution in [3.63, 3.8) is 0 Å². The quantitative estimate of drug-likeness (QED) is 0.804. The Morgan fingerprint density at radius 1 is 1.50 bits per heavy atom. The summed E-state index contributed by atoms with van der Waals surface area (Å²) >= 11 is 0. The molecule has 0 bridgehead atoms. The summed E-state index contributed by atoms with van der Waals surface area (Å²) < 4.78 is 5.12. The van der Waals surface area contributed by atoms with Crippen LogP contribution in [-0.4, -0.2) is 36.3 Å². The first-order chi connectivity index (χ1) is 7.70. The van der Waals surface area contributed by atoms with Crippen molar-refractivity contribution in [1.82, 2.24) is 9.97 Å². The molecule has 0 atom stereocenters. The van der Waals surface area contributed by atoms with Crippen LogP contribution in [0.5, 0.6) is 0 Å². The predicted molar refractivity (Wildman–Crippen MR) is 63.4 cm³/mol. The van der Waals surface area contributed by atoms with Crippen LogP contribution >= 0.6 is 0 Å². The van der Waals surface area contributed by atoms with Crippen molar-refractivity contribution in [2.24, 2.45) is 0 Å². The van der Waals surface area contributed by atoms with Gasteiger partial charge in [0, 0.05) is 25.8 Å². The molecule has 88 valence electrons. The van der Waals surface area contributed by atoms with E-state index in [9.17, 15) is 0 Å². The Hall–Kier alpha value is -1.36. The lowest BCUT2D eigenvalue weighted by Gasteiger charge is -2.23. The second-order valence-corrected chi connectivity index (χ2v) is 4.12. The summed E-state index contributed by atoms with van der Waals surface area (Å²) in [4.78, 5) is 10.8. The number of aryl methyl sites for hydroxylation is 1. The molecule has 1 aliphatic rings. The first-order valence-electron chi connectivity index (χ1n) is 5.57. The summed E-state index contributed by atoms with van der Waals surface area (Å²) in [5.41, 5.74) is 5.74. The van der Waals surface area contributed by atoms with Gasteiger partial charge in [-0.15, -0.1) is 0 Å². The van der Waals surface area contributed by atoms with E-state index in [1.54, 1.807) is 7.11 Å². The third-order valence-corrected chi connectivity index (χ3v) is 2.66.